The summed E-state index contributed by atoms with van der Waals surface area (Å²) >= 11 is 0. The van der Waals surface area contributed by atoms with Gasteiger partial charge < -0.3 is 20.4 Å². The number of rotatable bonds is 6. The molecule has 28 heavy (non-hydrogen) atoms. The van der Waals surface area contributed by atoms with Crippen LogP contribution in [-0.4, -0.2) is 46.8 Å². The molecule has 0 saturated heterocycles. The minimum atomic E-state index is -0.892. The molecule has 0 unspecified atom stereocenters. The number of aliphatic hydroxyl groups excluding tert-OH is 1. The Labute approximate surface area is 169 Å². The zero-order valence-corrected chi connectivity index (χ0v) is 17.6. The zero-order valence-electron chi connectivity index (χ0n) is 17.6. The third-order valence-corrected chi connectivity index (χ3v) is 6.26. The lowest BCUT2D eigenvalue weighted by Crippen LogP contribution is -2.47. The highest BCUT2D eigenvalue weighted by Crippen LogP contribution is 2.43. The van der Waals surface area contributed by atoms with Crippen molar-refractivity contribution >= 4 is 5.91 Å². The Morgan fingerprint density at radius 3 is 2.64 bits per heavy atom. The SMILES string of the molecule is C[C@@H](O)CNCC(=O)N1CCc2ccc(C(C)(C)O)cc2[C@@H]1C1CCCCC1. The molecule has 1 fully saturated rings. The van der Waals surface area contributed by atoms with Crippen LogP contribution in [0.3, 0.4) is 0 Å². The predicted octanol–water partition coefficient (Wildman–Crippen LogP) is 2.89. The molecule has 1 aromatic carbocycles. The standard InChI is InChI=1S/C23H36N2O3/c1-16(26)14-24-15-21(27)25-12-11-17-9-10-19(23(2,3)28)13-20(17)22(25)18-7-5-4-6-8-18/h9-10,13,16,18,22,24,26,28H,4-8,11-12,14-15H2,1-3H3/t16-,22+/m1/s1. The van der Waals surface area contributed by atoms with E-state index in [1.165, 1.54) is 30.4 Å². The lowest BCUT2D eigenvalue weighted by atomic mass is 9.76. The quantitative estimate of drug-likeness (QED) is 0.701. The van der Waals surface area contributed by atoms with Gasteiger partial charge in [-0.25, -0.2) is 0 Å². The minimum absolute atomic E-state index is 0.0900. The topological polar surface area (TPSA) is 72.8 Å². The van der Waals surface area contributed by atoms with Crippen molar-refractivity contribution in [2.24, 2.45) is 5.92 Å². The van der Waals surface area contributed by atoms with Gasteiger partial charge >= 0.3 is 0 Å². The molecule has 2 aliphatic rings. The normalized spacial score (nSPS) is 22.0. The summed E-state index contributed by atoms with van der Waals surface area (Å²) in [5, 5.41) is 23.1. The first-order valence-corrected chi connectivity index (χ1v) is 10.8. The Morgan fingerprint density at radius 1 is 1.29 bits per heavy atom. The number of fused-ring (bicyclic) bond motifs is 1. The van der Waals surface area contributed by atoms with Gasteiger partial charge in [0.15, 0.2) is 0 Å². The van der Waals surface area contributed by atoms with Crippen molar-refractivity contribution in [3.8, 4) is 0 Å². The van der Waals surface area contributed by atoms with E-state index in [-0.39, 0.29) is 18.5 Å². The molecule has 1 heterocycles. The predicted molar refractivity (Wildman–Crippen MR) is 111 cm³/mol. The smallest absolute Gasteiger partial charge is 0.237 e. The number of carbonyl (C=O) groups is 1. The fraction of sp³-hybridized carbons (Fsp3) is 0.696. The number of carbonyl (C=O) groups excluding carboxylic acids is 1. The van der Waals surface area contributed by atoms with Crippen molar-refractivity contribution in [1.29, 1.82) is 0 Å². The summed E-state index contributed by atoms with van der Waals surface area (Å²) in [5.74, 6) is 0.584. The third kappa shape index (κ3) is 4.94. The van der Waals surface area contributed by atoms with Gasteiger partial charge in [0.1, 0.15) is 0 Å². The zero-order chi connectivity index (χ0) is 20.3. The van der Waals surface area contributed by atoms with Crippen molar-refractivity contribution in [2.45, 2.75) is 77.0 Å². The highest BCUT2D eigenvalue weighted by atomic mass is 16.3. The van der Waals surface area contributed by atoms with Crippen LogP contribution in [0.15, 0.2) is 18.2 Å². The molecule has 0 spiro atoms. The lowest BCUT2D eigenvalue weighted by Gasteiger charge is -2.43. The van der Waals surface area contributed by atoms with E-state index in [0.29, 0.717) is 12.5 Å². The first-order chi connectivity index (χ1) is 13.3. The molecule has 156 valence electrons. The Kier molecular flexibility index (Phi) is 6.79. The van der Waals surface area contributed by atoms with Crippen LogP contribution in [0.2, 0.25) is 0 Å². The average molecular weight is 389 g/mol. The second kappa shape index (κ2) is 8.93. The molecule has 3 N–H and O–H groups in total. The number of hydrogen-bond acceptors (Lipinski definition) is 4. The van der Waals surface area contributed by atoms with E-state index in [1.807, 2.05) is 19.9 Å². The van der Waals surface area contributed by atoms with Gasteiger partial charge in [-0.3, -0.25) is 4.79 Å². The molecular formula is C23H36N2O3. The molecule has 1 aromatic rings. The van der Waals surface area contributed by atoms with E-state index in [4.69, 9.17) is 0 Å². The minimum Gasteiger partial charge on any atom is -0.392 e. The Hall–Kier alpha value is -1.43. The van der Waals surface area contributed by atoms with Crippen LogP contribution in [0, 0.1) is 5.92 Å². The number of hydrogen-bond donors (Lipinski definition) is 3. The van der Waals surface area contributed by atoms with E-state index >= 15 is 0 Å². The summed E-state index contributed by atoms with van der Waals surface area (Å²) in [6.45, 7) is 6.77. The summed E-state index contributed by atoms with van der Waals surface area (Å²) in [6.07, 6.45) is 6.44. The first kappa shape index (κ1) is 21.3. The van der Waals surface area contributed by atoms with Crippen molar-refractivity contribution in [2.75, 3.05) is 19.6 Å². The third-order valence-electron chi connectivity index (χ3n) is 6.26. The van der Waals surface area contributed by atoms with Crippen molar-refractivity contribution in [3.05, 3.63) is 34.9 Å². The van der Waals surface area contributed by atoms with Crippen molar-refractivity contribution in [1.82, 2.24) is 10.2 Å². The summed E-state index contributed by atoms with van der Waals surface area (Å²) in [5.41, 5.74) is 2.55. The summed E-state index contributed by atoms with van der Waals surface area (Å²) in [7, 11) is 0. The molecule has 1 aliphatic heterocycles. The van der Waals surface area contributed by atoms with Gasteiger partial charge in [0.25, 0.3) is 0 Å². The highest BCUT2D eigenvalue weighted by molar-refractivity contribution is 5.79. The maximum absolute atomic E-state index is 13.1. The number of aliphatic hydroxyl groups is 2. The van der Waals surface area contributed by atoms with E-state index in [0.717, 1.165) is 31.4 Å². The van der Waals surface area contributed by atoms with Gasteiger partial charge in [-0.2, -0.15) is 0 Å². The molecule has 1 amide bonds. The van der Waals surface area contributed by atoms with E-state index in [2.05, 4.69) is 22.3 Å². The Bertz CT molecular complexity index is 675. The van der Waals surface area contributed by atoms with Gasteiger partial charge in [-0.05, 0) is 62.6 Å². The largest absolute Gasteiger partial charge is 0.392 e. The molecule has 5 nitrogen and oxygen atoms in total. The molecule has 1 saturated carbocycles. The molecule has 0 radical (unpaired) electrons. The van der Waals surface area contributed by atoms with Crippen molar-refractivity contribution in [3.63, 3.8) is 0 Å². The van der Waals surface area contributed by atoms with Gasteiger partial charge in [-0.15, -0.1) is 0 Å². The monoisotopic (exact) mass is 388 g/mol. The first-order valence-electron chi connectivity index (χ1n) is 10.8. The summed E-state index contributed by atoms with van der Waals surface area (Å²) < 4.78 is 0. The summed E-state index contributed by atoms with van der Waals surface area (Å²) in [6, 6.07) is 6.40. The van der Waals surface area contributed by atoms with Crippen LogP contribution >= 0.6 is 0 Å². The molecule has 3 rings (SSSR count). The van der Waals surface area contributed by atoms with Gasteiger partial charge in [0.05, 0.1) is 24.3 Å². The van der Waals surface area contributed by atoms with Crippen molar-refractivity contribution < 1.29 is 15.0 Å². The van der Waals surface area contributed by atoms with Crippen LogP contribution in [0.25, 0.3) is 0 Å². The van der Waals surface area contributed by atoms with Crippen LogP contribution in [0.5, 0.6) is 0 Å². The molecule has 2 atom stereocenters. The Morgan fingerprint density at radius 2 is 2.00 bits per heavy atom. The molecule has 1 aliphatic carbocycles. The van der Waals surface area contributed by atoms with Crippen LogP contribution in [-0.2, 0) is 16.8 Å². The molecule has 0 bridgehead atoms. The molecule has 5 heteroatoms. The molecular weight excluding hydrogens is 352 g/mol. The number of amides is 1. The number of nitrogens with one attached hydrogen (secondary N) is 1. The maximum Gasteiger partial charge on any atom is 0.237 e. The van der Waals surface area contributed by atoms with Gasteiger partial charge in [0, 0.05) is 13.1 Å². The number of nitrogens with zero attached hydrogens (tertiary/aromatic N) is 1. The second-order valence-corrected chi connectivity index (χ2v) is 9.13. The Balaban J connectivity index is 1.90. The highest BCUT2D eigenvalue weighted by Gasteiger charge is 2.37. The molecule has 0 aromatic heterocycles. The summed E-state index contributed by atoms with van der Waals surface area (Å²) in [4.78, 5) is 15.1. The van der Waals surface area contributed by atoms with Gasteiger partial charge in [-0.1, -0.05) is 37.5 Å². The fourth-order valence-corrected chi connectivity index (χ4v) is 4.75. The van der Waals surface area contributed by atoms with Crippen LogP contribution in [0.1, 0.15) is 75.6 Å². The van der Waals surface area contributed by atoms with E-state index < -0.39 is 11.7 Å². The van der Waals surface area contributed by atoms with Crippen LogP contribution in [0.4, 0.5) is 0 Å². The van der Waals surface area contributed by atoms with Gasteiger partial charge in [0.2, 0.25) is 5.91 Å². The lowest BCUT2D eigenvalue weighted by molar-refractivity contribution is -0.134. The number of benzene rings is 1. The fourth-order valence-electron chi connectivity index (χ4n) is 4.75. The average Bonchev–Trinajstić information content (AvgIpc) is 2.66. The van der Waals surface area contributed by atoms with Crippen LogP contribution < -0.4 is 5.32 Å². The maximum atomic E-state index is 13.1. The van der Waals surface area contributed by atoms with E-state index in [1.54, 1.807) is 6.92 Å². The second-order valence-electron chi connectivity index (χ2n) is 9.13. The van der Waals surface area contributed by atoms with E-state index in [9.17, 15) is 15.0 Å².